The van der Waals surface area contributed by atoms with Crippen molar-refractivity contribution in [3.8, 4) is 11.5 Å². The predicted molar refractivity (Wildman–Crippen MR) is 68.1 cm³/mol. The SMILES string of the molecule is CCOc1cc(OC)ccc1CN(C)CC(=O)O. The molecule has 100 valence electrons. The third-order valence-corrected chi connectivity index (χ3v) is 2.42. The lowest BCUT2D eigenvalue weighted by Crippen LogP contribution is -2.25. The van der Waals surface area contributed by atoms with Crippen molar-refractivity contribution >= 4 is 5.97 Å². The van der Waals surface area contributed by atoms with E-state index in [1.54, 1.807) is 19.1 Å². The maximum Gasteiger partial charge on any atom is 0.317 e. The first kappa shape index (κ1) is 14.3. The van der Waals surface area contributed by atoms with Crippen LogP contribution in [0.1, 0.15) is 12.5 Å². The lowest BCUT2D eigenvalue weighted by molar-refractivity contribution is -0.138. The molecule has 0 aliphatic carbocycles. The molecular formula is C13H19NO4. The Hall–Kier alpha value is -1.75. The summed E-state index contributed by atoms with van der Waals surface area (Å²) in [4.78, 5) is 12.3. The minimum absolute atomic E-state index is 0.00239. The van der Waals surface area contributed by atoms with Crippen molar-refractivity contribution in [1.29, 1.82) is 0 Å². The van der Waals surface area contributed by atoms with Crippen LogP contribution in [-0.4, -0.2) is 43.3 Å². The molecule has 1 rings (SSSR count). The minimum Gasteiger partial charge on any atom is -0.497 e. The molecule has 0 heterocycles. The molecule has 0 aliphatic rings. The number of aliphatic carboxylic acids is 1. The molecule has 18 heavy (non-hydrogen) atoms. The van der Waals surface area contributed by atoms with E-state index < -0.39 is 5.97 Å². The van der Waals surface area contributed by atoms with Crippen molar-refractivity contribution in [1.82, 2.24) is 4.90 Å². The van der Waals surface area contributed by atoms with E-state index in [-0.39, 0.29) is 6.54 Å². The van der Waals surface area contributed by atoms with Crippen molar-refractivity contribution in [3.63, 3.8) is 0 Å². The van der Waals surface area contributed by atoms with Crippen LogP contribution in [0.25, 0.3) is 0 Å². The standard InChI is InChI=1S/C13H19NO4/c1-4-18-12-7-11(17-3)6-5-10(12)8-14(2)9-13(15)16/h5-7H,4,8-9H2,1-3H3,(H,15,16). The second kappa shape index (κ2) is 6.86. The zero-order valence-corrected chi connectivity index (χ0v) is 11.0. The number of rotatable bonds is 7. The predicted octanol–water partition coefficient (Wildman–Crippen LogP) is 1.61. The molecule has 5 nitrogen and oxygen atoms in total. The average molecular weight is 253 g/mol. The first-order chi connectivity index (χ1) is 8.56. The van der Waals surface area contributed by atoms with E-state index in [0.717, 1.165) is 17.1 Å². The molecule has 0 saturated heterocycles. The van der Waals surface area contributed by atoms with Crippen LogP contribution in [0.15, 0.2) is 18.2 Å². The number of benzene rings is 1. The highest BCUT2D eigenvalue weighted by Crippen LogP contribution is 2.25. The summed E-state index contributed by atoms with van der Waals surface area (Å²) in [7, 11) is 3.36. The van der Waals surface area contributed by atoms with E-state index in [2.05, 4.69) is 0 Å². The summed E-state index contributed by atoms with van der Waals surface area (Å²) in [5, 5.41) is 8.72. The Balaban J connectivity index is 2.83. The highest BCUT2D eigenvalue weighted by atomic mass is 16.5. The monoisotopic (exact) mass is 253 g/mol. The fourth-order valence-electron chi connectivity index (χ4n) is 1.66. The van der Waals surface area contributed by atoms with Gasteiger partial charge in [0.25, 0.3) is 0 Å². The zero-order chi connectivity index (χ0) is 13.5. The Labute approximate surface area is 107 Å². The van der Waals surface area contributed by atoms with Gasteiger partial charge in [0.1, 0.15) is 11.5 Å². The molecule has 0 unspecified atom stereocenters. The molecule has 0 aliphatic heterocycles. The van der Waals surface area contributed by atoms with Gasteiger partial charge in [0, 0.05) is 18.2 Å². The van der Waals surface area contributed by atoms with Crippen LogP contribution < -0.4 is 9.47 Å². The molecule has 0 spiro atoms. The van der Waals surface area contributed by atoms with Gasteiger partial charge in [-0.2, -0.15) is 0 Å². The zero-order valence-electron chi connectivity index (χ0n) is 11.0. The molecule has 0 fully saturated rings. The second-order valence-electron chi connectivity index (χ2n) is 3.97. The molecule has 5 heteroatoms. The van der Waals surface area contributed by atoms with E-state index in [1.165, 1.54) is 0 Å². The Morgan fingerprint density at radius 3 is 2.72 bits per heavy atom. The van der Waals surface area contributed by atoms with Gasteiger partial charge in [-0.25, -0.2) is 0 Å². The van der Waals surface area contributed by atoms with Gasteiger partial charge in [-0.15, -0.1) is 0 Å². The number of carbonyl (C=O) groups is 1. The third-order valence-electron chi connectivity index (χ3n) is 2.42. The second-order valence-corrected chi connectivity index (χ2v) is 3.97. The van der Waals surface area contributed by atoms with Crippen LogP contribution in [0, 0.1) is 0 Å². The van der Waals surface area contributed by atoms with E-state index >= 15 is 0 Å². The highest BCUT2D eigenvalue weighted by Gasteiger charge is 2.10. The molecule has 0 aromatic heterocycles. The largest absolute Gasteiger partial charge is 0.497 e. The maximum absolute atomic E-state index is 10.6. The summed E-state index contributed by atoms with van der Waals surface area (Å²) in [5.74, 6) is 0.612. The lowest BCUT2D eigenvalue weighted by atomic mass is 10.2. The molecule has 0 bridgehead atoms. The average Bonchev–Trinajstić information content (AvgIpc) is 2.30. The molecule has 1 N–H and O–H groups in total. The summed E-state index contributed by atoms with van der Waals surface area (Å²) in [6.07, 6.45) is 0. The first-order valence-electron chi connectivity index (χ1n) is 5.76. The first-order valence-corrected chi connectivity index (χ1v) is 5.76. The molecule has 0 radical (unpaired) electrons. The summed E-state index contributed by atoms with van der Waals surface area (Å²) in [5.41, 5.74) is 0.946. The van der Waals surface area contributed by atoms with Crippen LogP contribution in [0.3, 0.4) is 0 Å². The fraction of sp³-hybridized carbons (Fsp3) is 0.462. The smallest absolute Gasteiger partial charge is 0.317 e. The minimum atomic E-state index is -0.844. The fourth-order valence-corrected chi connectivity index (χ4v) is 1.66. The summed E-state index contributed by atoms with van der Waals surface area (Å²) >= 11 is 0. The van der Waals surface area contributed by atoms with Gasteiger partial charge in [-0.1, -0.05) is 6.07 Å². The topological polar surface area (TPSA) is 59.0 Å². The van der Waals surface area contributed by atoms with Crippen molar-refractivity contribution in [2.24, 2.45) is 0 Å². The normalized spacial score (nSPS) is 10.4. The number of hydrogen-bond donors (Lipinski definition) is 1. The number of carboxylic acids is 1. The highest BCUT2D eigenvalue weighted by molar-refractivity contribution is 5.69. The molecule has 1 aromatic carbocycles. The number of ether oxygens (including phenoxy) is 2. The Bertz CT molecular complexity index is 406. The molecule has 1 aromatic rings. The van der Waals surface area contributed by atoms with Gasteiger partial charge in [0.2, 0.25) is 0 Å². The quantitative estimate of drug-likeness (QED) is 0.800. The number of likely N-dealkylation sites (N-methyl/N-ethyl adjacent to an activating group) is 1. The molecule has 0 amide bonds. The van der Waals surface area contributed by atoms with Crippen LogP contribution in [0.5, 0.6) is 11.5 Å². The summed E-state index contributed by atoms with van der Waals surface area (Å²) in [6.45, 7) is 2.98. The molecule has 0 saturated carbocycles. The number of nitrogens with zero attached hydrogens (tertiary/aromatic N) is 1. The third kappa shape index (κ3) is 4.25. The van der Waals surface area contributed by atoms with E-state index in [1.807, 2.05) is 25.1 Å². The molecule has 0 atom stereocenters. The van der Waals surface area contributed by atoms with Gasteiger partial charge in [-0.05, 0) is 20.0 Å². The number of methoxy groups -OCH3 is 1. The number of carboxylic acid groups (broad SMARTS) is 1. The van der Waals surface area contributed by atoms with Crippen LogP contribution in [0.4, 0.5) is 0 Å². The Kier molecular flexibility index (Phi) is 5.45. The van der Waals surface area contributed by atoms with Crippen molar-refractivity contribution < 1.29 is 19.4 Å². The van der Waals surface area contributed by atoms with Crippen molar-refractivity contribution in [2.75, 3.05) is 27.3 Å². The van der Waals surface area contributed by atoms with Gasteiger partial charge < -0.3 is 14.6 Å². The van der Waals surface area contributed by atoms with Gasteiger partial charge >= 0.3 is 5.97 Å². The van der Waals surface area contributed by atoms with Gasteiger partial charge in [0.15, 0.2) is 0 Å². The Morgan fingerprint density at radius 2 is 2.17 bits per heavy atom. The summed E-state index contributed by atoms with van der Waals surface area (Å²) in [6, 6.07) is 5.54. The van der Waals surface area contributed by atoms with E-state index in [4.69, 9.17) is 14.6 Å². The van der Waals surface area contributed by atoms with Crippen molar-refractivity contribution in [3.05, 3.63) is 23.8 Å². The van der Waals surface area contributed by atoms with E-state index in [9.17, 15) is 4.79 Å². The Morgan fingerprint density at radius 1 is 1.44 bits per heavy atom. The van der Waals surface area contributed by atoms with Gasteiger partial charge in [0.05, 0.1) is 20.3 Å². The number of hydrogen-bond acceptors (Lipinski definition) is 4. The maximum atomic E-state index is 10.6. The van der Waals surface area contributed by atoms with E-state index in [0.29, 0.717) is 13.2 Å². The summed E-state index contributed by atoms with van der Waals surface area (Å²) < 4.78 is 10.7. The van der Waals surface area contributed by atoms with Crippen LogP contribution in [-0.2, 0) is 11.3 Å². The van der Waals surface area contributed by atoms with Crippen molar-refractivity contribution in [2.45, 2.75) is 13.5 Å². The van der Waals surface area contributed by atoms with Crippen LogP contribution >= 0.6 is 0 Å². The van der Waals surface area contributed by atoms with Crippen LogP contribution in [0.2, 0.25) is 0 Å². The lowest BCUT2D eigenvalue weighted by Gasteiger charge is -2.17. The molecular weight excluding hydrogens is 234 g/mol. The van der Waals surface area contributed by atoms with Gasteiger partial charge in [-0.3, -0.25) is 9.69 Å².